The van der Waals surface area contributed by atoms with Crippen LogP contribution in [-0.2, 0) is 4.74 Å². The van der Waals surface area contributed by atoms with E-state index in [4.69, 9.17) is 4.74 Å². The summed E-state index contributed by atoms with van der Waals surface area (Å²) in [6.07, 6.45) is 6.62. The maximum atomic E-state index is 11.7. The molecule has 2 heterocycles. The van der Waals surface area contributed by atoms with Gasteiger partial charge < -0.3 is 20.3 Å². The molecule has 0 bridgehead atoms. The first-order valence-electron chi connectivity index (χ1n) is 8.84. The number of hydrogen-bond acceptors (Lipinski definition) is 7. The average Bonchev–Trinajstić information content (AvgIpc) is 2.60. The van der Waals surface area contributed by atoms with Crippen LogP contribution in [0.1, 0.15) is 46.0 Å². The molecule has 134 valence electrons. The van der Waals surface area contributed by atoms with E-state index < -0.39 is 0 Å². The largest absolute Gasteiger partial charge is 0.450 e. The third-order valence-corrected chi connectivity index (χ3v) is 4.00. The first kappa shape index (κ1) is 18.2. The van der Waals surface area contributed by atoms with Crippen molar-refractivity contribution in [1.82, 2.24) is 20.1 Å². The van der Waals surface area contributed by atoms with Gasteiger partial charge in [0.05, 0.1) is 12.8 Å². The molecule has 0 spiro atoms. The molecule has 0 aromatic carbocycles. The van der Waals surface area contributed by atoms with E-state index in [-0.39, 0.29) is 12.1 Å². The fourth-order valence-electron chi connectivity index (χ4n) is 2.65. The van der Waals surface area contributed by atoms with Crippen molar-refractivity contribution in [2.75, 3.05) is 36.9 Å². The number of carbonyl (C=O) groups is 1. The Kier molecular flexibility index (Phi) is 7.51. The lowest BCUT2D eigenvalue weighted by atomic mass is 10.1. The van der Waals surface area contributed by atoms with Crippen LogP contribution in [0.15, 0.2) is 6.20 Å². The summed E-state index contributed by atoms with van der Waals surface area (Å²) in [6, 6.07) is 0.278. The van der Waals surface area contributed by atoms with Crippen LogP contribution in [-0.4, -0.2) is 58.5 Å². The van der Waals surface area contributed by atoms with Crippen LogP contribution in [0.5, 0.6) is 0 Å². The number of nitrogens with zero attached hydrogens (tertiary/aromatic N) is 4. The van der Waals surface area contributed by atoms with Crippen LogP contribution >= 0.6 is 0 Å². The number of carbonyl (C=O) groups excluding carboxylic acids is 1. The normalized spacial score (nSPS) is 15.2. The molecule has 1 aromatic heterocycles. The Morgan fingerprint density at radius 3 is 2.83 bits per heavy atom. The molecule has 1 amide bonds. The molecule has 0 atom stereocenters. The molecule has 1 saturated heterocycles. The Labute approximate surface area is 143 Å². The van der Waals surface area contributed by atoms with Crippen molar-refractivity contribution in [1.29, 1.82) is 0 Å². The zero-order valence-electron chi connectivity index (χ0n) is 14.6. The smallest absolute Gasteiger partial charge is 0.409 e. The minimum atomic E-state index is -0.224. The SMILES string of the molecule is CCCCCNc1nncc(NC2CCN(C(=O)OCC)CC2)n1. The second kappa shape index (κ2) is 9.89. The number of hydrogen-bond donors (Lipinski definition) is 2. The van der Waals surface area contributed by atoms with Gasteiger partial charge in [-0.3, -0.25) is 0 Å². The number of amides is 1. The Hall–Kier alpha value is -2.12. The third-order valence-electron chi connectivity index (χ3n) is 4.00. The minimum absolute atomic E-state index is 0.224. The molecule has 0 saturated carbocycles. The number of ether oxygens (including phenoxy) is 1. The fraction of sp³-hybridized carbons (Fsp3) is 0.750. The molecule has 0 unspecified atom stereocenters. The fourth-order valence-corrected chi connectivity index (χ4v) is 2.65. The number of piperidine rings is 1. The second-order valence-corrected chi connectivity index (χ2v) is 5.90. The molecule has 2 rings (SSSR count). The molecule has 1 aliphatic heterocycles. The van der Waals surface area contributed by atoms with Crippen LogP contribution in [0, 0.1) is 0 Å². The van der Waals surface area contributed by atoms with E-state index in [1.54, 1.807) is 11.1 Å². The van der Waals surface area contributed by atoms with Crippen molar-refractivity contribution in [3.05, 3.63) is 6.20 Å². The first-order valence-corrected chi connectivity index (χ1v) is 8.84. The van der Waals surface area contributed by atoms with Gasteiger partial charge in [-0.05, 0) is 26.2 Å². The molecular formula is C16H28N6O2. The predicted octanol–water partition coefficient (Wildman–Crippen LogP) is 2.51. The Balaban J connectivity index is 1.77. The van der Waals surface area contributed by atoms with Crippen molar-refractivity contribution >= 4 is 17.9 Å². The van der Waals surface area contributed by atoms with Crippen molar-refractivity contribution in [3.63, 3.8) is 0 Å². The molecule has 1 aliphatic rings. The topological polar surface area (TPSA) is 92.3 Å². The summed E-state index contributed by atoms with van der Waals surface area (Å²) in [5, 5.41) is 14.6. The number of likely N-dealkylation sites (tertiary alicyclic amines) is 1. The second-order valence-electron chi connectivity index (χ2n) is 5.90. The van der Waals surface area contributed by atoms with E-state index in [0.29, 0.717) is 25.6 Å². The third kappa shape index (κ3) is 5.82. The van der Waals surface area contributed by atoms with E-state index in [0.717, 1.165) is 31.6 Å². The number of rotatable bonds is 8. The van der Waals surface area contributed by atoms with E-state index >= 15 is 0 Å². The molecule has 1 fully saturated rings. The van der Waals surface area contributed by atoms with Crippen molar-refractivity contribution in [3.8, 4) is 0 Å². The van der Waals surface area contributed by atoms with Gasteiger partial charge in [0.15, 0.2) is 5.82 Å². The quantitative estimate of drug-likeness (QED) is 0.705. The van der Waals surface area contributed by atoms with Gasteiger partial charge in [-0.25, -0.2) is 4.79 Å². The van der Waals surface area contributed by atoms with Crippen molar-refractivity contribution in [2.24, 2.45) is 0 Å². The van der Waals surface area contributed by atoms with Crippen molar-refractivity contribution < 1.29 is 9.53 Å². The van der Waals surface area contributed by atoms with Gasteiger partial charge in [-0.1, -0.05) is 19.8 Å². The molecule has 0 aliphatic carbocycles. The summed E-state index contributed by atoms with van der Waals surface area (Å²) in [6.45, 7) is 6.65. The minimum Gasteiger partial charge on any atom is -0.450 e. The Morgan fingerprint density at radius 2 is 2.12 bits per heavy atom. The zero-order valence-corrected chi connectivity index (χ0v) is 14.6. The van der Waals surface area contributed by atoms with Crippen LogP contribution in [0.4, 0.5) is 16.6 Å². The maximum absolute atomic E-state index is 11.7. The van der Waals surface area contributed by atoms with Gasteiger partial charge in [0.1, 0.15) is 0 Å². The van der Waals surface area contributed by atoms with E-state index in [1.807, 2.05) is 6.92 Å². The van der Waals surface area contributed by atoms with Crippen LogP contribution in [0.25, 0.3) is 0 Å². The number of unbranched alkanes of at least 4 members (excludes halogenated alkanes) is 2. The van der Waals surface area contributed by atoms with Gasteiger partial charge in [0.2, 0.25) is 5.95 Å². The molecule has 0 radical (unpaired) electrons. The summed E-state index contributed by atoms with van der Waals surface area (Å²) < 4.78 is 5.03. The summed E-state index contributed by atoms with van der Waals surface area (Å²) >= 11 is 0. The highest BCUT2D eigenvalue weighted by Crippen LogP contribution is 2.16. The lowest BCUT2D eigenvalue weighted by Crippen LogP contribution is -2.42. The number of aromatic nitrogens is 3. The first-order chi connectivity index (χ1) is 11.7. The highest BCUT2D eigenvalue weighted by Gasteiger charge is 2.23. The monoisotopic (exact) mass is 336 g/mol. The summed E-state index contributed by atoms with van der Waals surface area (Å²) in [5.41, 5.74) is 0. The molecule has 1 aromatic rings. The maximum Gasteiger partial charge on any atom is 0.409 e. The van der Waals surface area contributed by atoms with Gasteiger partial charge in [-0.15, -0.1) is 5.10 Å². The van der Waals surface area contributed by atoms with Gasteiger partial charge in [0, 0.05) is 25.7 Å². The lowest BCUT2D eigenvalue weighted by molar-refractivity contribution is 0.0983. The van der Waals surface area contributed by atoms with Crippen LogP contribution in [0.3, 0.4) is 0 Å². The Morgan fingerprint density at radius 1 is 1.33 bits per heavy atom. The summed E-state index contributed by atoms with van der Waals surface area (Å²) in [4.78, 5) is 17.9. The van der Waals surface area contributed by atoms with Crippen LogP contribution in [0.2, 0.25) is 0 Å². The standard InChI is InChI=1S/C16H28N6O2/c1-3-5-6-9-17-15-20-14(12-18-21-15)19-13-7-10-22(11-8-13)16(23)24-4-2/h12-13H,3-11H2,1-2H3,(H2,17,19,20,21). The highest BCUT2D eigenvalue weighted by atomic mass is 16.6. The predicted molar refractivity (Wildman–Crippen MR) is 93.1 cm³/mol. The lowest BCUT2D eigenvalue weighted by Gasteiger charge is -2.31. The Bertz CT molecular complexity index is 505. The van der Waals surface area contributed by atoms with Gasteiger partial charge in [-0.2, -0.15) is 10.1 Å². The summed E-state index contributed by atoms with van der Waals surface area (Å²) in [5.74, 6) is 1.28. The van der Waals surface area contributed by atoms with E-state index in [2.05, 4.69) is 32.7 Å². The molecular weight excluding hydrogens is 308 g/mol. The molecule has 24 heavy (non-hydrogen) atoms. The van der Waals surface area contributed by atoms with Gasteiger partial charge >= 0.3 is 6.09 Å². The van der Waals surface area contributed by atoms with E-state index in [9.17, 15) is 4.79 Å². The zero-order chi connectivity index (χ0) is 17.2. The summed E-state index contributed by atoms with van der Waals surface area (Å²) in [7, 11) is 0. The van der Waals surface area contributed by atoms with E-state index in [1.165, 1.54) is 12.8 Å². The number of nitrogens with one attached hydrogen (secondary N) is 2. The molecule has 8 heteroatoms. The van der Waals surface area contributed by atoms with Crippen molar-refractivity contribution in [2.45, 2.75) is 52.0 Å². The van der Waals surface area contributed by atoms with Gasteiger partial charge in [0.25, 0.3) is 0 Å². The molecule has 8 nitrogen and oxygen atoms in total. The highest BCUT2D eigenvalue weighted by molar-refractivity contribution is 5.67. The number of anilines is 2. The van der Waals surface area contributed by atoms with Crippen LogP contribution < -0.4 is 10.6 Å². The average molecular weight is 336 g/mol. The molecule has 2 N–H and O–H groups in total.